The number of nitrogens with two attached hydrogens (primary N) is 1. The molecule has 3 rings (SSSR count). The minimum absolute atomic E-state index is 0.00447. The van der Waals surface area contributed by atoms with E-state index in [1.165, 1.54) is 25.8 Å². The number of nitrogens with zero attached hydrogens (tertiary/aromatic N) is 3. The SMILES string of the molecule is CC1CN2CCCCC2CN1C(=O)c1cc(NN)ccn1. The Labute approximate surface area is 125 Å². The Bertz CT molecular complexity index is 521. The number of amides is 1. The van der Waals surface area contributed by atoms with Crippen molar-refractivity contribution in [2.75, 3.05) is 25.1 Å². The zero-order valence-corrected chi connectivity index (χ0v) is 12.5. The van der Waals surface area contributed by atoms with Crippen molar-refractivity contribution in [3.05, 3.63) is 24.0 Å². The third-order valence-corrected chi connectivity index (χ3v) is 4.59. The van der Waals surface area contributed by atoms with Gasteiger partial charge in [0.1, 0.15) is 5.69 Å². The number of hydrogen-bond donors (Lipinski definition) is 2. The van der Waals surface area contributed by atoms with Gasteiger partial charge in [-0.15, -0.1) is 0 Å². The van der Waals surface area contributed by atoms with Gasteiger partial charge in [0, 0.05) is 31.4 Å². The van der Waals surface area contributed by atoms with E-state index in [1.807, 2.05) is 4.90 Å². The molecule has 0 radical (unpaired) electrons. The molecule has 0 spiro atoms. The van der Waals surface area contributed by atoms with Crippen LogP contribution in [-0.2, 0) is 0 Å². The second-order valence-corrected chi connectivity index (χ2v) is 6.03. The monoisotopic (exact) mass is 289 g/mol. The summed E-state index contributed by atoms with van der Waals surface area (Å²) >= 11 is 0. The molecule has 0 aliphatic carbocycles. The summed E-state index contributed by atoms with van der Waals surface area (Å²) in [6.45, 7) is 5.06. The van der Waals surface area contributed by atoms with Crippen LogP contribution >= 0.6 is 0 Å². The van der Waals surface area contributed by atoms with Crippen molar-refractivity contribution in [3.63, 3.8) is 0 Å². The number of rotatable bonds is 2. The highest BCUT2D eigenvalue weighted by atomic mass is 16.2. The lowest BCUT2D eigenvalue weighted by Gasteiger charge is -2.47. The van der Waals surface area contributed by atoms with Gasteiger partial charge in [0.2, 0.25) is 0 Å². The van der Waals surface area contributed by atoms with E-state index in [9.17, 15) is 4.79 Å². The van der Waals surface area contributed by atoms with Crippen LogP contribution in [0.1, 0.15) is 36.7 Å². The second-order valence-electron chi connectivity index (χ2n) is 6.03. The van der Waals surface area contributed by atoms with Gasteiger partial charge in [-0.25, -0.2) is 0 Å². The molecule has 1 aromatic heterocycles. The molecule has 3 N–H and O–H groups in total. The first-order chi connectivity index (χ1) is 10.2. The zero-order valence-electron chi connectivity index (χ0n) is 12.5. The lowest BCUT2D eigenvalue weighted by Crippen LogP contribution is -2.60. The molecule has 0 bridgehead atoms. The van der Waals surface area contributed by atoms with Crippen molar-refractivity contribution in [2.45, 2.75) is 38.3 Å². The third-order valence-electron chi connectivity index (χ3n) is 4.59. The van der Waals surface area contributed by atoms with E-state index in [1.54, 1.807) is 18.3 Å². The van der Waals surface area contributed by atoms with Crippen molar-refractivity contribution in [1.82, 2.24) is 14.8 Å². The number of anilines is 1. The molecule has 2 aliphatic rings. The molecule has 2 aliphatic heterocycles. The summed E-state index contributed by atoms with van der Waals surface area (Å²) in [5, 5.41) is 0. The van der Waals surface area contributed by atoms with Crippen LogP contribution in [0.5, 0.6) is 0 Å². The van der Waals surface area contributed by atoms with Gasteiger partial charge >= 0.3 is 0 Å². The summed E-state index contributed by atoms with van der Waals surface area (Å²) in [6.07, 6.45) is 5.35. The van der Waals surface area contributed by atoms with Gasteiger partial charge in [0.05, 0.1) is 5.69 Å². The fraction of sp³-hybridized carbons (Fsp3) is 0.600. The molecule has 3 heterocycles. The molecule has 2 unspecified atom stereocenters. The van der Waals surface area contributed by atoms with E-state index in [-0.39, 0.29) is 11.9 Å². The van der Waals surface area contributed by atoms with Gasteiger partial charge in [0.15, 0.2) is 0 Å². The van der Waals surface area contributed by atoms with E-state index in [0.29, 0.717) is 17.4 Å². The highest BCUT2D eigenvalue weighted by molar-refractivity contribution is 5.93. The minimum Gasteiger partial charge on any atom is -0.332 e. The highest BCUT2D eigenvalue weighted by Crippen LogP contribution is 2.25. The fourth-order valence-corrected chi connectivity index (χ4v) is 3.42. The Morgan fingerprint density at radius 2 is 2.29 bits per heavy atom. The van der Waals surface area contributed by atoms with Crippen molar-refractivity contribution in [2.24, 2.45) is 5.84 Å². The van der Waals surface area contributed by atoms with Crippen LogP contribution in [0.2, 0.25) is 0 Å². The Morgan fingerprint density at radius 1 is 1.43 bits per heavy atom. The number of hydrogen-bond acceptors (Lipinski definition) is 5. The van der Waals surface area contributed by atoms with Gasteiger partial charge in [-0.2, -0.15) is 0 Å². The maximum atomic E-state index is 12.7. The summed E-state index contributed by atoms with van der Waals surface area (Å²) in [7, 11) is 0. The highest BCUT2D eigenvalue weighted by Gasteiger charge is 2.35. The van der Waals surface area contributed by atoms with E-state index in [4.69, 9.17) is 5.84 Å². The van der Waals surface area contributed by atoms with E-state index in [2.05, 4.69) is 22.2 Å². The summed E-state index contributed by atoms with van der Waals surface area (Å²) in [5.74, 6) is 5.41. The van der Waals surface area contributed by atoms with Crippen molar-refractivity contribution >= 4 is 11.6 Å². The number of nitrogens with one attached hydrogen (secondary N) is 1. The molecule has 6 heteroatoms. The molecule has 114 valence electrons. The van der Waals surface area contributed by atoms with Crippen LogP contribution in [0.15, 0.2) is 18.3 Å². The lowest BCUT2D eigenvalue weighted by molar-refractivity contribution is 0.0148. The number of fused-ring (bicyclic) bond motifs is 1. The molecule has 21 heavy (non-hydrogen) atoms. The number of hydrazine groups is 1. The average molecular weight is 289 g/mol. The van der Waals surface area contributed by atoms with Crippen molar-refractivity contribution in [1.29, 1.82) is 0 Å². The molecular weight excluding hydrogens is 266 g/mol. The minimum atomic E-state index is 0.00447. The van der Waals surface area contributed by atoms with Gasteiger partial charge in [0.25, 0.3) is 5.91 Å². The van der Waals surface area contributed by atoms with Crippen LogP contribution in [0, 0.1) is 0 Å². The average Bonchev–Trinajstić information content (AvgIpc) is 2.53. The molecule has 2 atom stereocenters. The lowest BCUT2D eigenvalue weighted by atomic mass is 9.97. The maximum Gasteiger partial charge on any atom is 0.272 e. The van der Waals surface area contributed by atoms with Crippen molar-refractivity contribution < 1.29 is 4.79 Å². The number of pyridine rings is 1. The van der Waals surface area contributed by atoms with Crippen LogP contribution in [-0.4, -0.2) is 52.4 Å². The maximum absolute atomic E-state index is 12.7. The van der Waals surface area contributed by atoms with Crippen LogP contribution < -0.4 is 11.3 Å². The van der Waals surface area contributed by atoms with E-state index < -0.39 is 0 Å². The number of piperazine rings is 1. The number of aromatic nitrogens is 1. The third kappa shape index (κ3) is 2.87. The summed E-state index contributed by atoms with van der Waals surface area (Å²) in [4.78, 5) is 21.4. The van der Waals surface area contributed by atoms with E-state index in [0.717, 1.165) is 13.1 Å². The van der Waals surface area contributed by atoms with Crippen LogP contribution in [0.4, 0.5) is 5.69 Å². The number of carbonyl (C=O) groups excluding carboxylic acids is 1. The largest absolute Gasteiger partial charge is 0.332 e. The topological polar surface area (TPSA) is 74.5 Å². The molecule has 0 aromatic carbocycles. The molecular formula is C15H23N5O. The van der Waals surface area contributed by atoms with Crippen LogP contribution in [0.3, 0.4) is 0 Å². The molecule has 1 amide bonds. The van der Waals surface area contributed by atoms with Gasteiger partial charge in [-0.1, -0.05) is 6.42 Å². The first-order valence-electron chi connectivity index (χ1n) is 7.66. The quantitative estimate of drug-likeness (QED) is 0.629. The Kier molecular flexibility index (Phi) is 4.07. The number of piperidine rings is 1. The standard InChI is InChI=1S/C15H23N5O/c1-11-9-19-7-3-2-4-13(19)10-20(11)15(21)14-8-12(18-16)5-6-17-14/h5-6,8,11,13H,2-4,7,9-10,16H2,1H3,(H,17,18). The van der Waals surface area contributed by atoms with Crippen molar-refractivity contribution in [3.8, 4) is 0 Å². The predicted octanol–water partition coefficient (Wildman–Crippen LogP) is 1.07. The van der Waals surface area contributed by atoms with Gasteiger partial charge < -0.3 is 10.3 Å². The second kappa shape index (κ2) is 5.99. The van der Waals surface area contributed by atoms with Gasteiger partial charge in [-0.05, 0) is 38.4 Å². The molecule has 2 fully saturated rings. The first kappa shape index (κ1) is 14.3. The molecule has 2 saturated heterocycles. The fourth-order valence-electron chi connectivity index (χ4n) is 3.42. The summed E-state index contributed by atoms with van der Waals surface area (Å²) in [6, 6.07) is 4.19. The number of carbonyl (C=O) groups is 1. The Hall–Kier alpha value is -1.66. The predicted molar refractivity (Wildman–Crippen MR) is 81.8 cm³/mol. The molecule has 1 aromatic rings. The summed E-state index contributed by atoms with van der Waals surface area (Å²) in [5.41, 5.74) is 3.73. The smallest absolute Gasteiger partial charge is 0.272 e. The molecule has 6 nitrogen and oxygen atoms in total. The molecule has 0 saturated carbocycles. The van der Waals surface area contributed by atoms with Gasteiger partial charge in [-0.3, -0.25) is 20.5 Å². The van der Waals surface area contributed by atoms with E-state index >= 15 is 0 Å². The number of nitrogen functional groups attached to an aromatic ring is 1. The normalized spacial score (nSPS) is 26.3. The Balaban J connectivity index is 1.77. The Morgan fingerprint density at radius 3 is 3.10 bits per heavy atom. The van der Waals surface area contributed by atoms with Crippen LogP contribution in [0.25, 0.3) is 0 Å². The first-order valence-corrected chi connectivity index (χ1v) is 7.66. The summed E-state index contributed by atoms with van der Waals surface area (Å²) < 4.78 is 0. The zero-order chi connectivity index (χ0) is 14.8.